The molecule has 0 unspecified atom stereocenters. The molecule has 1 aromatic heterocycles. The highest BCUT2D eigenvalue weighted by Gasteiger charge is 2.24. The zero-order valence-electron chi connectivity index (χ0n) is 20.6. The van der Waals surface area contributed by atoms with Crippen LogP contribution in [0.4, 0.5) is 5.69 Å². The Morgan fingerprint density at radius 1 is 0.892 bits per heavy atom. The Bertz CT molecular complexity index is 1390. The molecule has 0 atom stereocenters. The molecule has 0 aliphatic rings. The number of carbonyl (C=O) groups is 2. The molecule has 8 heteroatoms. The second-order valence-corrected chi connectivity index (χ2v) is 9.18. The van der Waals surface area contributed by atoms with Gasteiger partial charge in [0.25, 0.3) is 5.91 Å². The summed E-state index contributed by atoms with van der Waals surface area (Å²) in [5, 5.41) is 3.89. The van der Waals surface area contributed by atoms with Gasteiger partial charge in [-0.3, -0.25) is 9.59 Å². The van der Waals surface area contributed by atoms with E-state index in [1.807, 2.05) is 6.92 Å². The fourth-order valence-corrected chi connectivity index (χ4v) is 4.47. The Labute approximate surface area is 225 Å². The fourth-order valence-electron chi connectivity index (χ4n) is 3.87. The highest BCUT2D eigenvalue weighted by atomic mass is 35.5. The van der Waals surface area contributed by atoms with Crippen LogP contribution in [0.3, 0.4) is 0 Å². The Morgan fingerprint density at radius 3 is 2.27 bits per heavy atom. The van der Waals surface area contributed by atoms with Gasteiger partial charge in [0.2, 0.25) is 5.78 Å². The van der Waals surface area contributed by atoms with Crippen molar-refractivity contribution in [1.82, 2.24) is 0 Å². The van der Waals surface area contributed by atoms with Crippen LogP contribution in [0.5, 0.6) is 11.5 Å². The Balaban J connectivity index is 1.62. The third kappa shape index (κ3) is 6.09. The molecule has 0 saturated heterocycles. The van der Waals surface area contributed by atoms with Crippen LogP contribution in [0.15, 0.2) is 65.1 Å². The number of benzene rings is 3. The van der Waals surface area contributed by atoms with Crippen LogP contribution in [-0.4, -0.2) is 24.9 Å². The number of fused-ring (bicyclic) bond motifs is 1. The molecule has 0 fully saturated rings. The van der Waals surface area contributed by atoms with Crippen LogP contribution >= 0.6 is 23.2 Å². The summed E-state index contributed by atoms with van der Waals surface area (Å²) in [4.78, 5) is 26.6. The Morgan fingerprint density at radius 2 is 1.59 bits per heavy atom. The number of carbonyl (C=O) groups excluding carboxylic acids is 2. The molecule has 3 aromatic carbocycles. The first kappa shape index (κ1) is 26.6. The van der Waals surface area contributed by atoms with Crippen molar-refractivity contribution < 1.29 is 23.5 Å². The number of anilines is 1. The van der Waals surface area contributed by atoms with Gasteiger partial charge in [0, 0.05) is 16.5 Å². The van der Waals surface area contributed by atoms with Crippen molar-refractivity contribution in [3.63, 3.8) is 0 Å². The number of para-hydroxylation sites is 1. The van der Waals surface area contributed by atoms with Crippen LogP contribution in [0.1, 0.15) is 59.6 Å². The molecule has 0 saturated carbocycles. The fraction of sp³-hybridized carbons (Fsp3) is 0.241. The standard InChI is InChI=1S/C29H27Cl2NO5/c1-3-5-8-15-36-27-22(30)16-19(17-23(27)31)29(34)32-25-21-9-6-7-10-24(21)37-28(25)26(33)18-11-13-20(14-12-18)35-4-2/h6-7,9-14,16-17H,3-5,8,15H2,1-2H3,(H,32,34). The average Bonchev–Trinajstić information content (AvgIpc) is 3.26. The third-order valence-electron chi connectivity index (χ3n) is 5.72. The molecule has 4 rings (SSSR count). The van der Waals surface area contributed by atoms with Crippen LogP contribution in [0.25, 0.3) is 11.0 Å². The number of amides is 1. The Hall–Kier alpha value is -3.48. The van der Waals surface area contributed by atoms with E-state index in [4.69, 9.17) is 37.1 Å². The van der Waals surface area contributed by atoms with E-state index in [1.165, 1.54) is 12.1 Å². The summed E-state index contributed by atoms with van der Waals surface area (Å²) in [6.45, 7) is 4.99. The van der Waals surface area contributed by atoms with Crippen molar-refractivity contribution in [2.24, 2.45) is 0 Å². The number of hydrogen-bond acceptors (Lipinski definition) is 5. The second kappa shape index (κ2) is 12.2. The summed E-state index contributed by atoms with van der Waals surface area (Å²) < 4.78 is 17.1. The number of hydrogen-bond donors (Lipinski definition) is 1. The minimum atomic E-state index is -0.492. The van der Waals surface area contributed by atoms with Crippen molar-refractivity contribution >= 4 is 51.5 Å². The molecule has 0 spiro atoms. The predicted molar refractivity (Wildman–Crippen MR) is 147 cm³/mol. The first-order valence-corrected chi connectivity index (χ1v) is 12.9. The topological polar surface area (TPSA) is 77.8 Å². The summed E-state index contributed by atoms with van der Waals surface area (Å²) in [6.07, 6.45) is 2.98. The van der Waals surface area contributed by atoms with E-state index in [9.17, 15) is 9.59 Å². The zero-order chi connectivity index (χ0) is 26.4. The van der Waals surface area contributed by atoms with Crippen molar-refractivity contribution in [3.8, 4) is 11.5 Å². The number of ether oxygens (including phenoxy) is 2. The minimum absolute atomic E-state index is 0.0202. The number of halogens is 2. The minimum Gasteiger partial charge on any atom is -0.494 e. The van der Waals surface area contributed by atoms with Gasteiger partial charge in [0.15, 0.2) is 11.5 Å². The highest BCUT2D eigenvalue weighted by molar-refractivity contribution is 6.38. The van der Waals surface area contributed by atoms with Gasteiger partial charge in [-0.15, -0.1) is 0 Å². The van der Waals surface area contributed by atoms with E-state index in [0.29, 0.717) is 41.2 Å². The summed E-state index contributed by atoms with van der Waals surface area (Å²) >= 11 is 12.8. The number of rotatable bonds is 11. The maximum absolute atomic E-state index is 13.4. The zero-order valence-corrected chi connectivity index (χ0v) is 22.1. The molecule has 0 radical (unpaired) electrons. The second-order valence-electron chi connectivity index (χ2n) is 8.37. The number of nitrogens with one attached hydrogen (secondary N) is 1. The van der Waals surface area contributed by atoms with Crippen LogP contribution in [0.2, 0.25) is 10.0 Å². The van der Waals surface area contributed by atoms with Gasteiger partial charge in [-0.1, -0.05) is 55.1 Å². The first-order chi connectivity index (χ1) is 17.9. The van der Waals surface area contributed by atoms with E-state index >= 15 is 0 Å². The van der Waals surface area contributed by atoms with E-state index in [2.05, 4.69) is 12.2 Å². The maximum Gasteiger partial charge on any atom is 0.255 e. The van der Waals surface area contributed by atoms with Gasteiger partial charge >= 0.3 is 0 Å². The molecule has 1 N–H and O–H groups in total. The van der Waals surface area contributed by atoms with Crippen molar-refractivity contribution in [2.45, 2.75) is 33.1 Å². The SMILES string of the molecule is CCCCCOc1c(Cl)cc(C(=O)Nc2c(C(=O)c3ccc(OCC)cc3)oc3ccccc23)cc1Cl. The normalized spacial score (nSPS) is 10.9. The molecule has 0 bridgehead atoms. The monoisotopic (exact) mass is 539 g/mol. The lowest BCUT2D eigenvalue weighted by Crippen LogP contribution is -2.14. The summed E-state index contributed by atoms with van der Waals surface area (Å²) in [5.74, 6) is 0.154. The molecule has 6 nitrogen and oxygen atoms in total. The third-order valence-corrected chi connectivity index (χ3v) is 6.28. The molecular formula is C29H27Cl2NO5. The van der Waals surface area contributed by atoms with Gasteiger partial charge in [-0.05, 0) is 61.9 Å². The van der Waals surface area contributed by atoms with E-state index in [-0.39, 0.29) is 32.8 Å². The highest BCUT2D eigenvalue weighted by Crippen LogP contribution is 2.36. The Kier molecular flexibility index (Phi) is 8.74. The molecule has 0 aliphatic carbocycles. The molecular weight excluding hydrogens is 513 g/mol. The molecule has 1 heterocycles. The van der Waals surface area contributed by atoms with Gasteiger partial charge in [0.05, 0.1) is 28.9 Å². The lowest BCUT2D eigenvalue weighted by Gasteiger charge is -2.12. The lowest BCUT2D eigenvalue weighted by atomic mass is 10.1. The molecule has 192 valence electrons. The predicted octanol–water partition coefficient (Wildman–Crippen LogP) is 8.19. The summed E-state index contributed by atoms with van der Waals surface area (Å²) in [7, 11) is 0. The van der Waals surface area contributed by atoms with Crippen LogP contribution in [-0.2, 0) is 0 Å². The van der Waals surface area contributed by atoms with Crippen LogP contribution < -0.4 is 14.8 Å². The first-order valence-electron chi connectivity index (χ1n) is 12.1. The largest absolute Gasteiger partial charge is 0.494 e. The van der Waals surface area contributed by atoms with E-state index in [0.717, 1.165) is 19.3 Å². The van der Waals surface area contributed by atoms with Crippen molar-refractivity contribution in [3.05, 3.63) is 87.6 Å². The molecule has 37 heavy (non-hydrogen) atoms. The number of furan rings is 1. The summed E-state index contributed by atoms with van der Waals surface area (Å²) in [6, 6.07) is 16.8. The van der Waals surface area contributed by atoms with Gasteiger partial charge in [-0.25, -0.2) is 0 Å². The molecule has 0 aliphatic heterocycles. The maximum atomic E-state index is 13.4. The van der Waals surface area contributed by atoms with E-state index in [1.54, 1.807) is 48.5 Å². The number of ketones is 1. The van der Waals surface area contributed by atoms with Crippen LogP contribution in [0, 0.1) is 0 Å². The average molecular weight is 540 g/mol. The summed E-state index contributed by atoms with van der Waals surface area (Å²) in [5.41, 5.74) is 1.36. The van der Waals surface area contributed by atoms with Gasteiger partial charge < -0.3 is 19.2 Å². The van der Waals surface area contributed by atoms with E-state index < -0.39 is 5.91 Å². The van der Waals surface area contributed by atoms with Crippen molar-refractivity contribution in [1.29, 1.82) is 0 Å². The molecule has 1 amide bonds. The van der Waals surface area contributed by atoms with Gasteiger partial charge in [0.1, 0.15) is 11.3 Å². The van der Waals surface area contributed by atoms with Gasteiger partial charge in [-0.2, -0.15) is 0 Å². The lowest BCUT2D eigenvalue weighted by molar-refractivity contribution is 0.101. The quantitative estimate of drug-likeness (QED) is 0.153. The molecule has 4 aromatic rings. The number of unbranched alkanes of at least 4 members (excludes halogenated alkanes) is 2. The van der Waals surface area contributed by atoms with Crippen molar-refractivity contribution in [2.75, 3.05) is 18.5 Å². The smallest absolute Gasteiger partial charge is 0.255 e.